The minimum atomic E-state index is 1.07. The van der Waals surface area contributed by atoms with Crippen LogP contribution >= 0.6 is 0 Å². The van der Waals surface area contributed by atoms with Gasteiger partial charge in [0.05, 0.1) is 0 Å². The van der Waals surface area contributed by atoms with Gasteiger partial charge in [-0.05, 0) is 85.9 Å². The Morgan fingerprint density at radius 3 is 2.12 bits per heavy atom. The van der Waals surface area contributed by atoms with Gasteiger partial charge in [-0.3, -0.25) is 0 Å². The molecule has 0 aromatic heterocycles. The van der Waals surface area contributed by atoms with Crippen molar-refractivity contribution >= 4 is 0 Å². The van der Waals surface area contributed by atoms with E-state index in [1.807, 2.05) is 0 Å². The Morgan fingerprint density at radius 1 is 0.688 bits per heavy atom. The normalized spacial score (nSPS) is 63.4. The van der Waals surface area contributed by atoms with E-state index < -0.39 is 0 Å². The Morgan fingerprint density at radius 2 is 1.50 bits per heavy atom. The van der Waals surface area contributed by atoms with Gasteiger partial charge >= 0.3 is 0 Å². The van der Waals surface area contributed by atoms with Crippen LogP contribution in [0.5, 0.6) is 0 Å². The predicted molar refractivity (Wildman–Crippen MR) is 67.0 cm³/mol. The average molecular weight is 218 g/mol. The van der Waals surface area contributed by atoms with Gasteiger partial charge in [0.15, 0.2) is 0 Å². The highest BCUT2D eigenvalue weighted by molar-refractivity contribution is 5.03. The summed E-state index contributed by atoms with van der Waals surface area (Å²) in [5.41, 5.74) is 0. The first-order valence-corrected chi connectivity index (χ1v) is 7.74. The van der Waals surface area contributed by atoms with Crippen molar-refractivity contribution in [3.8, 4) is 0 Å². The fourth-order valence-electron chi connectivity index (χ4n) is 6.29. The summed E-state index contributed by atoms with van der Waals surface area (Å²) in [6, 6.07) is 0. The zero-order valence-electron chi connectivity index (χ0n) is 10.9. The molecule has 5 saturated carbocycles. The number of hydrogen-bond acceptors (Lipinski definition) is 0. The van der Waals surface area contributed by atoms with Gasteiger partial charge in [0, 0.05) is 0 Å². The third-order valence-corrected chi connectivity index (χ3v) is 7.16. The first-order valence-electron chi connectivity index (χ1n) is 7.74. The topological polar surface area (TPSA) is 0 Å². The van der Waals surface area contributed by atoms with E-state index >= 15 is 0 Å². The van der Waals surface area contributed by atoms with Crippen LogP contribution in [0.1, 0.15) is 52.4 Å². The molecule has 0 amide bonds. The molecule has 0 heterocycles. The third-order valence-electron chi connectivity index (χ3n) is 7.16. The molecule has 8 atom stereocenters. The first kappa shape index (κ1) is 9.97. The molecule has 5 rings (SSSR count). The molecular formula is C16H26. The Hall–Kier alpha value is 0. The number of rotatable bonds is 1. The highest BCUT2D eigenvalue weighted by Gasteiger charge is 2.54. The molecule has 90 valence electrons. The molecule has 5 aliphatic carbocycles. The van der Waals surface area contributed by atoms with Gasteiger partial charge in [-0.1, -0.05) is 13.8 Å². The van der Waals surface area contributed by atoms with Crippen molar-refractivity contribution in [2.45, 2.75) is 52.4 Å². The minimum absolute atomic E-state index is 1.07. The molecule has 0 N–H and O–H groups in total. The third kappa shape index (κ3) is 1.17. The SMILES string of the molecule is CC1CC2CC1C(C1CCC3CC1C3C)C2. The van der Waals surface area contributed by atoms with Crippen molar-refractivity contribution in [1.29, 1.82) is 0 Å². The standard InChI is InChI=1S/C16H26/c1-9-5-11-6-14(9)16(7-11)13-4-3-12-8-15(13)10(12)2/h9-16H,3-8H2,1-2H3. The molecule has 8 unspecified atom stereocenters. The number of hydrogen-bond donors (Lipinski definition) is 0. The van der Waals surface area contributed by atoms with Gasteiger partial charge in [-0.15, -0.1) is 0 Å². The highest BCUT2D eigenvalue weighted by atomic mass is 14.6. The fraction of sp³-hybridized carbons (Fsp3) is 1.00. The zero-order valence-corrected chi connectivity index (χ0v) is 10.9. The predicted octanol–water partition coefficient (Wildman–Crippen LogP) is 4.35. The summed E-state index contributed by atoms with van der Waals surface area (Å²) in [4.78, 5) is 0. The summed E-state index contributed by atoms with van der Waals surface area (Å²) >= 11 is 0. The maximum Gasteiger partial charge on any atom is -0.0349 e. The molecule has 0 nitrogen and oxygen atoms in total. The van der Waals surface area contributed by atoms with Crippen LogP contribution in [0.4, 0.5) is 0 Å². The molecule has 0 heteroatoms. The largest absolute Gasteiger partial charge is 0.0622 e. The van der Waals surface area contributed by atoms with Crippen molar-refractivity contribution in [1.82, 2.24) is 0 Å². The van der Waals surface area contributed by atoms with Crippen LogP contribution in [-0.2, 0) is 0 Å². The van der Waals surface area contributed by atoms with Crippen molar-refractivity contribution in [3.63, 3.8) is 0 Å². The second-order valence-corrected chi connectivity index (χ2v) is 7.64. The van der Waals surface area contributed by atoms with Crippen molar-refractivity contribution < 1.29 is 0 Å². The van der Waals surface area contributed by atoms with Gasteiger partial charge < -0.3 is 0 Å². The van der Waals surface area contributed by atoms with E-state index in [0.29, 0.717) is 0 Å². The Bertz CT molecular complexity index is 292. The van der Waals surface area contributed by atoms with E-state index in [2.05, 4.69) is 13.8 Å². The number of fused-ring (bicyclic) bond motifs is 4. The van der Waals surface area contributed by atoms with E-state index in [9.17, 15) is 0 Å². The van der Waals surface area contributed by atoms with E-state index in [1.54, 1.807) is 38.5 Å². The summed E-state index contributed by atoms with van der Waals surface area (Å²) in [7, 11) is 0. The lowest BCUT2D eigenvalue weighted by molar-refractivity contribution is -0.0619. The maximum atomic E-state index is 2.54. The Balaban J connectivity index is 1.54. The van der Waals surface area contributed by atoms with Gasteiger partial charge in [-0.2, -0.15) is 0 Å². The smallest absolute Gasteiger partial charge is 0.0349 e. The second kappa shape index (κ2) is 3.27. The second-order valence-electron chi connectivity index (χ2n) is 7.64. The van der Waals surface area contributed by atoms with Crippen molar-refractivity contribution in [3.05, 3.63) is 0 Å². The summed E-state index contributed by atoms with van der Waals surface area (Å²) < 4.78 is 0. The molecule has 5 aliphatic rings. The molecule has 0 aliphatic heterocycles. The average Bonchev–Trinajstić information content (AvgIpc) is 2.86. The fourth-order valence-corrected chi connectivity index (χ4v) is 6.29. The van der Waals surface area contributed by atoms with E-state index in [-0.39, 0.29) is 0 Å². The Labute approximate surface area is 100 Å². The lowest BCUT2D eigenvalue weighted by Crippen LogP contribution is -2.48. The van der Waals surface area contributed by atoms with Crippen LogP contribution in [0, 0.1) is 47.3 Å². The molecule has 0 aromatic carbocycles. The van der Waals surface area contributed by atoms with Gasteiger partial charge in [0.2, 0.25) is 0 Å². The Kier molecular flexibility index (Phi) is 2.04. The molecule has 0 radical (unpaired) electrons. The molecule has 0 spiro atoms. The van der Waals surface area contributed by atoms with E-state index in [4.69, 9.17) is 0 Å². The molecule has 4 bridgehead atoms. The molecule has 16 heavy (non-hydrogen) atoms. The lowest BCUT2D eigenvalue weighted by atomic mass is 9.50. The summed E-state index contributed by atoms with van der Waals surface area (Å²) in [6.45, 7) is 5.08. The van der Waals surface area contributed by atoms with Gasteiger partial charge in [0.25, 0.3) is 0 Å². The molecule has 0 saturated heterocycles. The summed E-state index contributed by atoms with van der Waals surface area (Å²) in [5, 5.41) is 0. The zero-order chi connectivity index (χ0) is 10.9. The van der Waals surface area contributed by atoms with Crippen molar-refractivity contribution in [2.24, 2.45) is 47.3 Å². The lowest BCUT2D eigenvalue weighted by Gasteiger charge is -2.55. The van der Waals surface area contributed by atoms with Crippen LogP contribution in [0.3, 0.4) is 0 Å². The molecule has 0 aromatic rings. The van der Waals surface area contributed by atoms with Crippen LogP contribution in [-0.4, -0.2) is 0 Å². The van der Waals surface area contributed by atoms with E-state index in [1.165, 1.54) is 0 Å². The minimum Gasteiger partial charge on any atom is -0.0622 e. The quantitative estimate of drug-likeness (QED) is 0.614. The van der Waals surface area contributed by atoms with Crippen LogP contribution in [0.15, 0.2) is 0 Å². The van der Waals surface area contributed by atoms with Gasteiger partial charge in [0.1, 0.15) is 0 Å². The maximum absolute atomic E-state index is 2.54. The summed E-state index contributed by atoms with van der Waals surface area (Å²) in [5.74, 6) is 9.02. The van der Waals surface area contributed by atoms with E-state index in [0.717, 1.165) is 47.3 Å². The van der Waals surface area contributed by atoms with Crippen LogP contribution < -0.4 is 0 Å². The van der Waals surface area contributed by atoms with Gasteiger partial charge in [-0.25, -0.2) is 0 Å². The molecule has 5 fully saturated rings. The van der Waals surface area contributed by atoms with Crippen molar-refractivity contribution in [2.75, 3.05) is 0 Å². The van der Waals surface area contributed by atoms with Crippen LogP contribution in [0.2, 0.25) is 0 Å². The monoisotopic (exact) mass is 218 g/mol. The first-order chi connectivity index (χ1) is 7.74. The highest BCUT2D eigenvalue weighted by Crippen LogP contribution is 2.62. The molecular weight excluding hydrogens is 192 g/mol. The summed E-state index contributed by atoms with van der Waals surface area (Å²) in [6.07, 6.45) is 9.57. The van der Waals surface area contributed by atoms with Crippen LogP contribution in [0.25, 0.3) is 0 Å².